The maximum atomic E-state index is 10.1. The van der Waals surface area contributed by atoms with Gasteiger partial charge in [-0.1, -0.05) is 117 Å². The summed E-state index contributed by atoms with van der Waals surface area (Å²) in [7, 11) is 0. The number of carboxylic acid groups (broad SMARTS) is 3. The summed E-state index contributed by atoms with van der Waals surface area (Å²) in [5.41, 5.74) is 0. The molecular formula is C33H68O10. The molecule has 0 aromatic heterocycles. The molecule has 0 fully saturated rings. The van der Waals surface area contributed by atoms with Crippen molar-refractivity contribution in [3.05, 3.63) is 0 Å². The van der Waals surface area contributed by atoms with Crippen LogP contribution in [0.2, 0.25) is 0 Å². The predicted octanol–water partition coefficient (Wildman–Crippen LogP) is 7.47. The van der Waals surface area contributed by atoms with E-state index in [9.17, 15) is 14.4 Å². The van der Waals surface area contributed by atoms with E-state index in [-0.39, 0.29) is 13.2 Å². The van der Waals surface area contributed by atoms with Gasteiger partial charge >= 0.3 is 17.9 Å². The fraction of sp³-hybridized carbons (Fsp3) is 0.909. The second-order valence-electron chi connectivity index (χ2n) is 10.4. The van der Waals surface area contributed by atoms with E-state index in [0.717, 1.165) is 38.5 Å². The van der Waals surface area contributed by atoms with E-state index in [2.05, 4.69) is 20.8 Å². The molecule has 10 heteroatoms. The summed E-state index contributed by atoms with van der Waals surface area (Å²) in [5, 5.41) is 41.5. The fourth-order valence-electron chi connectivity index (χ4n) is 3.62. The Hall–Kier alpha value is -1.75. The van der Waals surface area contributed by atoms with Crippen molar-refractivity contribution in [2.45, 2.75) is 156 Å². The smallest absolute Gasteiger partial charge is 0.303 e. The second kappa shape index (κ2) is 47.2. The number of unbranched alkanes of at least 4 members (excludes halogenated alkanes) is 15. The standard InChI is InChI=1S/3C9H18O2.C6H14O4/c3*1-2-3-4-5-6-7-8-9(10)11;7-1-3-9-5-6-10-4-2-8/h3*2-8H2,1H3,(H,10,11);7-8H,1-6H2. The molecule has 43 heavy (non-hydrogen) atoms. The summed E-state index contributed by atoms with van der Waals surface area (Å²) in [6, 6.07) is 0. The summed E-state index contributed by atoms with van der Waals surface area (Å²) < 4.78 is 9.75. The van der Waals surface area contributed by atoms with Gasteiger partial charge in [-0.2, -0.15) is 0 Å². The lowest BCUT2D eigenvalue weighted by Gasteiger charge is -2.01. The summed E-state index contributed by atoms with van der Waals surface area (Å²) in [6.45, 7) is 8.26. The van der Waals surface area contributed by atoms with Crippen LogP contribution in [-0.4, -0.2) is 83.1 Å². The molecule has 0 aromatic rings. The molecule has 0 heterocycles. The first-order valence-electron chi connectivity index (χ1n) is 16.8. The molecule has 0 aromatic carbocycles. The van der Waals surface area contributed by atoms with Crippen LogP contribution in [0.25, 0.3) is 0 Å². The molecule has 0 aliphatic rings. The summed E-state index contributed by atoms with van der Waals surface area (Å²) >= 11 is 0. The van der Waals surface area contributed by atoms with Crippen molar-refractivity contribution >= 4 is 17.9 Å². The highest BCUT2D eigenvalue weighted by atomic mass is 16.5. The average molecular weight is 625 g/mol. The average Bonchev–Trinajstić information content (AvgIpc) is 2.97. The van der Waals surface area contributed by atoms with Gasteiger partial charge < -0.3 is 35.0 Å². The van der Waals surface area contributed by atoms with Gasteiger partial charge in [0.1, 0.15) is 0 Å². The molecule has 0 amide bonds. The molecule has 260 valence electrons. The van der Waals surface area contributed by atoms with E-state index in [0.29, 0.717) is 45.7 Å². The number of ether oxygens (including phenoxy) is 2. The highest BCUT2D eigenvalue weighted by molar-refractivity contribution is 5.67. The third-order valence-electron chi connectivity index (χ3n) is 6.08. The molecule has 0 aliphatic carbocycles. The topological polar surface area (TPSA) is 171 Å². The zero-order valence-corrected chi connectivity index (χ0v) is 27.9. The van der Waals surface area contributed by atoms with E-state index >= 15 is 0 Å². The number of rotatable bonds is 28. The highest BCUT2D eigenvalue weighted by Gasteiger charge is 1.97. The molecule has 0 saturated carbocycles. The van der Waals surface area contributed by atoms with Crippen LogP contribution in [0.4, 0.5) is 0 Å². The van der Waals surface area contributed by atoms with Gasteiger partial charge in [0.25, 0.3) is 0 Å². The van der Waals surface area contributed by atoms with E-state index in [1.165, 1.54) is 77.0 Å². The minimum Gasteiger partial charge on any atom is -0.481 e. The number of carbonyl (C=O) groups is 3. The lowest BCUT2D eigenvalue weighted by Crippen LogP contribution is -2.09. The van der Waals surface area contributed by atoms with Crippen LogP contribution in [-0.2, 0) is 23.9 Å². The number of aliphatic carboxylic acids is 3. The molecule has 0 radical (unpaired) electrons. The van der Waals surface area contributed by atoms with Crippen LogP contribution >= 0.6 is 0 Å². The van der Waals surface area contributed by atoms with Gasteiger partial charge in [0.15, 0.2) is 0 Å². The first kappa shape index (κ1) is 48.2. The highest BCUT2D eigenvalue weighted by Crippen LogP contribution is 2.08. The monoisotopic (exact) mass is 624 g/mol. The summed E-state index contributed by atoms with van der Waals surface area (Å²) in [5.74, 6) is -2.00. The van der Waals surface area contributed by atoms with Crippen molar-refractivity contribution in [1.82, 2.24) is 0 Å². The Morgan fingerprint density at radius 1 is 0.395 bits per heavy atom. The van der Waals surface area contributed by atoms with Crippen LogP contribution in [0.5, 0.6) is 0 Å². The number of hydrogen-bond acceptors (Lipinski definition) is 7. The molecule has 10 nitrogen and oxygen atoms in total. The van der Waals surface area contributed by atoms with Gasteiger partial charge in [-0.25, -0.2) is 0 Å². The van der Waals surface area contributed by atoms with Gasteiger partial charge in [-0.05, 0) is 19.3 Å². The third-order valence-corrected chi connectivity index (χ3v) is 6.08. The summed E-state index contributed by atoms with van der Waals surface area (Å²) in [6.07, 6.45) is 21.8. The summed E-state index contributed by atoms with van der Waals surface area (Å²) in [4.78, 5) is 30.3. The Bertz CT molecular complexity index is 474. The first-order valence-corrected chi connectivity index (χ1v) is 16.8. The molecule has 0 spiro atoms. The number of hydrogen-bond donors (Lipinski definition) is 5. The van der Waals surface area contributed by atoms with E-state index in [1.54, 1.807) is 0 Å². The van der Waals surface area contributed by atoms with Gasteiger partial charge in [-0.3, -0.25) is 14.4 Å². The first-order chi connectivity index (χ1) is 20.7. The zero-order chi connectivity index (χ0) is 33.2. The lowest BCUT2D eigenvalue weighted by atomic mass is 10.1. The van der Waals surface area contributed by atoms with Crippen LogP contribution in [0.3, 0.4) is 0 Å². The number of carboxylic acids is 3. The molecule has 0 bridgehead atoms. The van der Waals surface area contributed by atoms with Crippen molar-refractivity contribution in [3.63, 3.8) is 0 Å². The number of aliphatic hydroxyl groups is 2. The minimum absolute atomic E-state index is 0.0417. The zero-order valence-electron chi connectivity index (χ0n) is 27.9. The van der Waals surface area contributed by atoms with Gasteiger partial charge in [0, 0.05) is 19.3 Å². The minimum atomic E-state index is -0.666. The van der Waals surface area contributed by atoms with Gasteiger partial charge in [0.2, 0.25) is 0 Å². The molecule has 0 atom stereocenters. The Balaban J connectivity index is -0.000000236. The van der Waals surface area contributed by atoms with Crippen LogP contribution < -0.4 is 0 Å². The Labute approximate surface area is 262 Å². The molecule has 0 rings (SSSR count). The maximum absolute atomic E-state index is 10.1. The lowest BCUT2D eigenvalue weighted by molar-refractivity contribution is -0.138. The Morgan fingerprint density at radius 2 is 0.628 bits per heavy atom. The van der Waals surface area contributed by atoms with E-state index in [1.807, 2.05) is 0 Å². The third kappa shape index (κ3) is 68.8. The Morgan fingerprint density at radius 3 is 0.837 bits per heavy atom. The van der Waals surface area contributed by atoms with Gasteiger partial charge in [0.05, 0.1) is 39.6 Å². The Kier molecular flexibility index (Phi) is 52.9. The molecule has 0 unspecified atom stereocenters. The van der Waals surface area contributed by atoms with Crippen molar-refractivity contribution in [3.8, 4) is 0 Å². The maximum Gasteiger partial charge on any atom is 0.303 e. The van der Waals surface area contributed by atoms with Crippen LogP contribution in [0.15, 0.2) is 0 Å². The SMILES string of the molecule is CCCCCCCCC(=O)O.CCCCCCCCC(=O)O.CCCCCCCCC(=O)O.OCCOCCOCCO. The van der Waals surface area contributed by atoms with Crippen LogP contribution in [0.1, 0.15) is 156 Å². The van der Waals surface area contributed by atoms with E-state index < -0.39 is 17.9 Å². The second-order valence-corrected chi connectivity index (χ2v) is 10.4. The van der Waals surface area contributed by atoms with E-state index in [4.69, 9.17) is 35.0 Å². The molecule has 0 saturated heterocycles. The molecule has 0 aliphatic heterocycles. The van der Waals surface area contributed by atoms with Crippen molar-refractivity contribution in [2.24, 2.45) is 0 Å². The quantitative estimate of drug-likeness (QED) is 0.0550. The molecular weight excluding hydrogens is 556 g/mol. The normalized spacial score (nSPS) is 9.98. The fourth-order valence-corrected chi connectivity index (χ4v) is 3.62. The van der Waals surface area contributed by atoms with Gasteiger partial charge in [-0.15, -0.1) is 0 Å². The predicted molar refractivity (Wildman–Crippen MR) is 173 cm³/mol. The van der Waals surface area contributed by atoms with Crippen molar-refractivity contribution < 1.29 is 49.4 Å². The molecule has 5 N–H and O–H groups in total. The van der Waals surface area contributed by atoms with Crippen LogP contribution in [0, 0.1) is 0 Å². The number of aliphatic hydroxyl groups excluding tert-OH is 2. The van der Waals surface area contributed by atoms with Crippen molar-refractivity contribution in [2.75, 3.05) is 39.6 Å². The van der Waals surface area contributed by atoms with Crippen molar-refractivity contribution in [1.29, 1.82) is 0 Å². The largest absolute Gasteiger partial charge is 0.481 e.